The molecule has 0 radical (unpaired) electrons. The molecule has 0 aliphatic rings. The number of ether oxygens (including phenoxy) is 3. The van der Waals surface area contributed by atoms with E-state index in [4.69, 9.17) is 14.2 Å². The Bertz CT molecular complexity index is 1190. The third-order valence-electron chi connectivity index (χ3n) is 7.59. The molecule has 13 heteroatoms. The number of nitro groups is 1. The van der Waals surface area contributed by atoms with Gasteiger partial charge in [-0.2, -0.15) is 0 Å². The van der Waals surface area contributed by atoms with Gasteiger partial charge < -0.3 is 19.5 Å². The molecule has 2 rings (SSSR count). The first-order valence-corrected chi connectivity index (χ1v) is 17.0. The van der Waals surface area contributed by atoms with Crippen molar-refractivity contribution >= 4 is 40.3 Å². The number of unbranched alkanes of at least 4 members (excludes halogenated alkanes) is 12. The minimum atomic E-state index is -0.798. The van der Waals surface area contributed by atoms with Gasteiger partial charge >= 0.3 is 23.6 Å². The molecule has 1 heterocycles. The molecular weight excluding hydrogens is 596 g/mol. The Morgan fingerprint density at radius 1 is 0.739 bits per heavy atom. The zero-order chi connectivity index (χ0) is 33.4. The van der Waals surface area contributed by atoms with Gasteiger partial charge in [-0.05, 0) is 42.1 Å². The second-order valence-corrected chi connectivity index (χ2v) is 11.6. The maximum atomic E-state index is 12.3. The van der Waals surface area contributed by atoms with Crippen LogP contribution in [0.2, 0.25) is 0 Å². The third kappa shape index (κ3) is 16.0. The molecule has 0 saturated carbocycles. The molecule has 46 heavy (non-hydrogen) atoms. The molecular formula is C33H52N4O9. The Morgan fingerprint density at radius 2 is 1.24 bits per heavy atom. The number of nitrogens with zero attached hydrogens (tertiary/aromatic N) is 3. The van der Waals surface area contributed by atoms with Crippen LogP contribution >= 0.6 is 0 Å². The van der Waals surface area contributed by atoms with Crippen LogP contribution < -0.4 is 5.32 Å². The van der Waals surface area contributed by atoms with Crippen LogP contribution in [0.25, 0.3) is 11.0 Å². The molecule has 1 unspecified atom stereocenters. The van der Waals surface area contributed by atoms with Crippen molar-refractivity contribution in [3.63, 3.8) is 0 Å². The summed E-state index contributed by atoms with van der Waals surface area (Å²) in [6, 6.07) is 3.03. The standard InChI is InChI=1S/C33H52N4O9/c1-3-5-14-18-29(38)43-24-26(45-31(40)20-15-6-4-2)25-44-30(39)19-16-12-10-8-7-9-11-13-17-23-34-27-21-22-28(37(41)42)33-32(27)35-46-36-33/h21-22,26,34H,3-20,23-25H2,1-2H3. The van der Waals surface area contributed by atoms with E-state index in [-0.39, 0.29) is 48.7 Å². The fourth-order valence-electron chi connectivity index (χ4n) is 4.91. The number of nitrogens with one attached hydrogen (secondary N) is 1. The molecule has 0 spiro atoms. The summed E-state index contributed by atoms with van der Waals surface area (Å²) in [7, 11) is 0. The molecule has 0 saturated heterocycles. The average Bonchev–Trinajstić information content (AvgIpc) is 3.53. The molecule has 0 bridgehead atoms. The Balaban J connectivity index is 1.52. The van der Waals surface area contributed by atoms with Gasteiger partial charge in [0.05, 0.1) is 10.6 Å². The van der Waals surface area contributed by atoms with E-state index in [0.717, 1.165) is 103 Å². The largest absolute Gasteiger partial charge is 0.462 e. The molecule has 1 aromatic carbocycles. The van der Waals surface area contributed by atoms with Crippen molar-refractivity contribution in [1.29, 1.82) is 0 Å². The zero-order valence-corrected chi connectivity index (χ0v) is 27.6. The molecule has 0 aliphatic heterocycles. The highest BCUT2D eigenvalue weighted by Gasteiger charge is 2.20. The number of hydrogen-bond donors (Lipinski definition) is 1. The summed E-state index contributed by atoms with van der Waals surface area (Å²) < 4.78 is 20.8. The number of nitro benzene ring substituents is 1. The molecule has 0 amide bonds. The van der Waals surface area contributed by atoms with Gasteiger partial charge in [0.2, 0.25) is 5.52 Å². The van der Waals surface area contributed by atoms with E-state index in [1.807, 2.05) is 0 Å². The Hall–Kier alpha value is -3.77. The second-order valence-electron chi connectivity index (χ2n) is 11.6. The number of non-ortho nitro benzene ring substituents is 1. The van der Waals surface area contributed by atoms with E-state index >= 15 is 0 Å². The highest BCUT2D eigenvalue weighted by atomic mass is 16.6. The minimum absolute atomic E-state index is 0.113. The quantitative estimate of drug-likeness (QED) is 0.0331. The molecule has 1 N–H and O–H groups in total. The summed E-state index contributed by atoms with van der Waals surface area (Å²) in [5.74, 6) is -1.05. The van der Waals surface area contributed by atoms with Gasteiger partial charge in [-0.25, -0.2) is 4.63 Å². The summed E-state index contributed by atoms with van der Waals surface area (Å²) in [6.45, 7) is 4.60. The van der Waals surface area contributed by atoms with Crippen LogP contribution in [-0.2, 0) is 28.6 Å². The Kier molecular flexibility index (Phi) is 19.7. The van der Waals surface area contributed by atoms with Gasteiger partial charge in [0, 0.05) is 31.9 Å². The van der Waals surface area contributed by atoms with Crippen LogP contribution in [0.1, 0.15) is 129 Å². The van der Waals surface area contributed by atoms with Crippen LogP contribution in [0.4, 0.5) is 11.4 Å². The van der Waals surface area contributed by atoms with Crippen molar-refractivity contribution in [2.24, 2.45) is 0 Å². The highest BCUT2D eigenvalue weighted by Crippen LogP contribution is 2.28. The summed E-state index contributed by atoms with van der Waals surface area (Å²) in [6.07, 6.45) is 14.7. The van der Waals surface area contributed by atoms with Crippen molar-refractivity contribution in [2.45, 2.75) is 136 Å². The van der Waals surface area contributed by atoms with Crippen molar-refractivity contribution in [1.82, 2.24) is 10.3 Å². The first kappa shape index (κ1) is 38.4. The van der Waals surface area contributed by atoms with Gasteiger partial charge in [-0.15, -0.1) is 0 Å². The van der Waals surface area contributed by atoms with Crippen LogP contribution in [-0.4, -0.2) is 59.0 Å². The Morgan fingerprint density at radius 3 is 1.80 bits per heavy atom. The maximum absolute atomic E-state index is 12.3. The number of aromatic nitrogens is 2. The number of benzene rings is 1. The molecule has 258 valence electrons. The normalized spacial score (nSPS) is 11.7. The summed E-state index contributed by atoms with van der Waals surface area (Å²) in [5, 5.41) is 21.8. The fourth-order valence-corrected chi connectivity index (χ4v) is 4.91. The second kappa shape index (κ2) is 23.6. The summed E-state index contributed by atoms with van der Waals surface area (Å²) in [4.78, 5) is 47.1. The first-order chi connectivity index (χ1) is 22.3. The maximum Gasteiger partial charge on any atom is 0.306 e. The van der Waals surface area contributed by atoms with E-state index in [0.29, 0.717) is 24.0 Å². The molecule has 1 atom stereocenters. The number of carbonyl (C=O) groups is 3. The van der Waals surface area contributed by atoms with Crippen molar-refractivity contribution < 1.29 is 38.1 Å². The zero-order valence-electron chi connectivity index (χ0n) is 27.6. The predicted molar refractivity (Wildman–Crippen MR) is 173 cm³/mol. The first-order valence-electron chi connectivity index (χ1n) is 17.0. The number of esters is 3. The van der Waals surface area contributed by atoms with E-state index < -0.39 is 11.0 Å². The Labute approximate surface area is 271 Å². The van der Waals surface area contributed by atoms with Gasteiger partial charge in [0.1, 0.15) is 13.2 Å². The van der Waals surface area contributed by atoms with Crippen LogP contribution in [0.3, 0.4) is 0 Å². The van der Waals surface area contributed by atoms with Crippen LogP contribution in [0.5, 0.6) is 0 Å². The van der Waals surface area contributed by atoms with Gasteiger partial charge in [-0.1, -0.05) is 84.5 Å². The lowest BCUT2D eigenvalue weighted by atomic mass is 10.1. The van der Waals surface area contributed by atoms with E-state index in [2.05, 4.69) is 34.1 Å². The number of fused-ring (bicyclic) bond motifs is 1. The molecule has 0 aliphatic carbocycles. The minimum Gasteiger partial charge on any atom is -0.462 e. The third-order valence-corrected chi connectivity index (χ3v) is 7.59. The van der Waals surface area contributed by atoms with Crippen LogP contribution in [0.15, 0.2) is 16.8 Å². The van der Waals surface area contributed by atoms with Crippen LogP contribution in [0, 0.1) is 10.1 Å². The molecule has 2 aromatic rings. The summed E-state index contributed by atoms with van der Waals surface area (Å²) >= 11 is 0. The number of carbonyl (C=O) groups excluding carboxylic acids is 3. The van der Waals surface area contributed by atoms with Gasteiger partial charge in [0.25, 0.3) is 0 Å². The predicted octanol–water partition coefficient (Wildman–Crippen LogP) is 7.60. The summed E-state index contributed by atoms with van der Waals surface area (Å²) in [5.41, 5.74) is 1.05. The lowest BCUT2D eigenvalue weighted by Crippen LogP contribution is -2.30. The monoisotopic (exact) mass is 648 g/mol. The van der Waals surface area contributed by atoms with E-state index in [1.54, 1.807) is 6.07 Å². The van der Waals surface area contributed by atoms with Crippen molar-refractivity contribution in [3.05, 3.63) is 22.2 Å². The number of anilines is 1. The number of hydrogen-bond acceptors (Lipinski definition) is 12. The topological polar surface area (TPSA) is 173 Å². The lowest BCUT2D eigenvalue weighted by molar-refractivity contribution is -0.383. The van der Waals surface area contributed by atoms with Gasteiger partial charge in [-0.3, -0.25) is 24.5 Å². The average molecular weight is 649 g/mol. The van der Waals surface area contributed by atoms with Gasteiger partial charge in [0.15, 0.2) is 11.6 Å². The molecule has 1 aromatic heterocycles. The smallest absolute Gasteiger partial charge is 0.306 e. The highest BCUT2D eigenvalue weighted by molar-refractivity contribution is 5.93. The lowest BCUT2D eigenvalue weighted by Gasteiger charge is -2.18. The molecule has 0 fully saturated rings. The SMILES string of the molecule is CCCCCC(=O)OCC(COC(=O)CCCCCCCCCCCNc1ccc([N+](=O)[O-])c2nonc12)OC(=O)CCCCC. The molecule has 13 nitrogen and oxygen atoms in total. The fraction of sp³-hybridized carbons (Fsp3) is 0.727. The van der Waals surface area contributed by atoms with Crippen molar-refractivity contribution in [3.8, 4) is 0 Å². The van der Waals surface area contributed by atoms with Crippen molar-refractivity contribution in [2.75, 3.05) is 25.1 Å². The van der Waals surface area contributed by atoms with E-state index in [9.17, 15) is 24.5 Å². The van der Waals surface area contributed by atoms with E-state index in [1.165, 1.54) is 6.07 Å². The number of rotatable bonds is 27.